The van der Waals surface area contributed by atoms with Gasteiger partial charge in [0.25, 0.3) is 0 Å². The third-order valence-electron chi connectivity index (χ3n) is 14.6. The van der Waals surface area contributed by atoms with Gasteiger partial charge in [0.2, 0.25) is 0 Å². The lowest BCUT2D eigenvalue weighted by atomic mass is 9.79. The van der Waals surface area contributed by atoms with Crippen LogP contribution in [0.4, 0.5) is 34.1 Å². The van der Waals surface area contributed by atoms with E-state index >= 15 is 0 Å². The molecule has 0 radical (unpaired) electrons. The van der Waals surface area contributed by atoms with E-state index in [-0.39, 0.29) is 5.41 Å². The Bertz CT molecular complexity index is 3750. The second-order valence-corrected chi connectivity index (χ2v) is 19.0. The molecule has 0 N–H and O–H groups in total. The van der Waals surface area contributed by atoms with Crippen molar-refractivity contribution < 1.29 is 0 Å². The first-order chi connectivity index (χ1) is 34.3. The van der Waals surface area contributed by atoms with Gasteiger partial charge >= 0.3 is 0 Å². The smallest absolute Gasteiger partial charge is 0.0641 e. The van der Waals surface area contributed by atoms with Gasteiger partial charge in [0.15, 0.2) is 0 Å². The largest absolute Gasteiger partial charge is 0.309 e. The molecule has 0 atom stereocenters. The van der Waals surface area contributed by atoms with Crippen molar-refractivity contribution in [3.8, 4) is 28.1 Å². The van der Waals surface area contributed by atoms with Crippen LogP contribution in [0.15, 0.2) is 231 Å². The molecule has 3 heterocycles. The summed E-state index contributed by atoms with van der Waals surface area (Å²) in [7, 11) is 0. The number of allylic oxidation sites excluding steroid dienone is 8. The van der Waals surface area contributed by atoms with Crippen molar-refractivity contribution in [2.75, 3.05) is 9.80 Å². The van der Waals surface area contributed by atoms with Crippen LogP contribution in [0.1, 0.15) is 61.1 Å². The highest BCUT2D eigenvalue weighted by Crippen LogP contribution is 2.57. The number of fused-ring (bicyclic) bond motifs is 11. The molecule has 3 heteroatoms. The zero-order valence-electron chi connectivity index (χ0n) is 40.1. The predicted octanol–water partition coefficient (Wildman–Crippen LogP) is 18.6. The summed E-state index contributed by atoms with van der Waals surface area (Å²) in [5.74, 6) is 0. The first-order valence-corrected chi connectivity index (χ1v) is 24.3. The molecular formula is C67H53N3. The van der Waals surface area contributed by atoms with E-state index in [1.807, 2.05) is 6.08 Å². The molecule has 0 spiro atoms. The maximum atomic E-state index is 4.73. The van der Waals surface area contributed by atoms with Crippen LogP contribution in [0.5, 0.6) is 0 Å². The summed E-state index contributed by atoms with van der Waals surface area (Å²) in [6.45, 7) is 18.0. The molecule has 0 fully saturated rings. The van der Waals surface area contributed by atoms with Gasteiger partial charge in [0.1, 0.15) is 0 Å². The Balaban J connectivity index is 0.962. The van der Waals surface area contributed by atoms with Crippen LogP contribution >= 0.6 is 0 Å². The number of anilines is 6. The van der Waals surface area contributed by atoms with E-state index in [1.54, 1.807) is 0 Å². The number of hydrogen-bond acceptors (Lipinski definition) is 2. The first kappa shape index (κ1) is 42.7. The SMILES string of the molecule is C=CC1=C(/C=C\C)C(C)(C)c2c1ccc1c2N(c2cccc(/C(C)=C/C(=C)c3cccc(-n4c5c(c6ccccc64)-c4ccccc4N(c4ccccc4)c4ccccc4-5)c3)c2)c2ccccc2C=C1. The van der Waals surface area contributed by atoms with Crippen molar-refractivity contribution >= 4 is 73.9 Å². The third kappa shape index (κ3) is 6.64. The van der Waals surface area contributed by atoms with Gasteiger partial charge in [-0.05, 0) is 130 Å². The Morgan fingerprint density at radius 3 is 1.97 bits per heavy atom. The van der Waals surface area contributed by atoms with Crippen LogP contribution in [0.3, 0.4) is 0 Å². The van der Waals surface area contributed by atoms with Gasteiger partial charge < -0.3 is 14.4 Å². The lowest BCUT2D eigenvalue weighted by Gasteiger charge is -2.34. The maximum Gasteiger partial charge on any atom is 0.0641 e. The van der Waals surface area contributed by atoms with Crippen LogP contribution in [0.25, 0.3) is 67.8 Å². The molecule has 12 rings (SSSR count). The van der Waals surface area contributed by atoms with Crippen LogP contribution in [-0.4, -0.2) is 4.57 Å². The standard InChI is InChI=1S/C67H53N3/c1-7-22-58-53(8-2)54-40-39-47-38-37-46-23-12-16-33-59(46)69(65(47)64(54)67(58,5)6)51-28-20-24-48(42-51)44(3)41-45(4)49-25-21-29-52(43-49)70-61-35-18-14-31-56(61)63-55-30-13-17-34-60(55)68(50-26-10-9-11-27-50)62-36-19-15-32-57(62)66(63)70/h7-43H,2,4H2,1,3,5-6H3/b22-7-,44-41+. The summed E-state index contributed by atoms with van der Waals surface area (Å²) in [6, 6.07) is 68.4. The van der Waals surface area contributed by atoms with Crippen LogP contribution in [0.2, 0.25) is 0 Å². The molecule has 1 aliphatic carbocycles. The Morgan fingerprint density at radius 2 is 1.19 bits per heavy atom. The van der Waals surface area contributed by atoms with Gasteiger partial charge in [-0.15, -0.1) is 0 Å². The molecule has 3 aliphatic rings. The van der Waals surface area contributed by atoms with E-state index in [0.29, 0.717) is 0 Å². The Kier molecular flexibility index (Phi) is 10.3. The molecule has 70 heavy (non-hydrogen) atoms. The van der Waals surface area contributed by atoms with Crippen molar-refractivity contribution in [1.82, 2.24) is 4.57 Å². The molecule has 0 bridgehead atoms. The van der Waals surface area contributed by atoms with Crippen molar-refractivity contribution in [3.63, 3.8) is 0 Å². The lowest BCUT2D eigenvalue weighted by Crippen LogP contribution is -2.22. The number of aromatic nitrogens is 1. The van der Waals surface area contributed by atoms with Crippen molar-refractivity contribution in [2.45, 2.75) is 33.1 Å². The fourth-order valence-electron chi connectivity index (χ4n) is 11.5. The van der Waals surface area contributed by atoms with Gasteiger partial charge in [-0.25, -0.2) is 0 Å². The van der Waals surface area contributed by atoms with Crippen molar-refractivity contribution in [2.24, 2.45) is 0 Å². The summed E-state index contributed by atoms with van der Waals surface area (Å²) < 4.78 is 2.46. The van der Waals surface area contributed by atoms with Gasteiger partial charge in [0.05, 0.1) is 34.0 Å². The molecule has 0 saturated heterocycles. The molecule has 0 unspecified atom stereocenters. The highest BCUT2D eigenvalue weighted by atomic mass is 15.2. The highest BCUT2D eigenvalue weighted by Gasteiger charge is 2.41. The normalized spacial score (nSPS) is 14.4. The topological polar surface area (TPSA) is 11.4 Å². The van der Waals surface area contributed by atoms with Crippen molar-refractivity contribution in [1.29, 1.82) is 0 Å². The molecular weight excluding hydrogens is 847 g/mol. The van der Waals surface area contributed by atoms with Crippen LogP contribution in [0, 0.1) is 0 Å². The van der Waals surface area contributed by atoms with Gasteiger partial charge in [0, 0.05) is 44.6 Å². The first-order valence-electron chi connectivity index (χ1n) is 24.3. The van der Waals surface area contributed by atoms with E-state index in [1.165, 1.54) is 66.9 Å². The minimum Gasteiger partial charge on any atom is -0.309 e. The van der Waals surface area contributed by atoms with Crippen LogP contribution < -0.4 is 9.80 Å². The monoisotopic (exact) mass is 899 g/mol. The molecule has 1 aromatic heterocycles. The number of nitrogens with zero attached hydrogens (tertiary/aromatic N) is 3. The number of hydrogen-bond donors (Lipinski definition) is 0. The molecule has 8 aromatic carbocycles. The van der Waals surface area contributed by atoms with Crippen molar-refractivity contribution in [3.05, 3.63) is 264 Å². The minimum absolute atomic E-state index is 0.260. The quantitative estimate of drug-likeness (QED) is 0.141. The number of benzene rings is 8. The molecule has 3 nitrogen and oxygen atoms in total. The third-order valence-corrected chi connectivity index (χ3v) is 14.6. The van der Waals surface area contributed by atoms with E-state index in [2.05, 4.69) is 267 Å². The average Bonchev–Trinajstić information content (AvgIpc) is 3.71. The van der Waals surface area contributed by atoms with Crippen LogP contribution in [-0.2, 0) is 5.41 Å². The van der Waals surface area contributed by atoms with E-state index in [9.17, 15) is 0 Å². The molecule has 0 amide bonds. The fourth-order valence-corrected chi connectivity index (χ4v) is 11.5. The molecule has 0 saturated carbocycles. The molecule has 336 valence electrons. The Hall–Kier alpha value is -8.66. The summed E-state index contributed by atoms with van der Waals surface area (Å²) in [5, 5.41) is 1.21. The summed E-state index contributed by atoms with van der Waals surface area (Å²) >= 11 is 0. The highest BCUT2D eigenvalue weighted by molar-refractivity contribution is 6.13. The lowest BCUT2D eigenvalue weighted by molar-refractivity contribution is 0.654. The zero-order chi connectivity index (χ0) is 47.7. The second kappa shape index (κ2) is 16.8. The Morgan fingerprint density at radius 1 is 0.557 bits per heavy atom. The number of rotatable bonds is 8. The molecule has 9 aromatic rings. The van der Waals surface area contributed by atoms with E-state index < -0.39 is 0 Å². The van der Waals surface area contributed by atoms with Gasteiger partial charge in [-0.1, -0.05) is 191 Å². The maximum absolute atomic E-state index is 4.73. The fraction of sp³-hybridized carbons (Fsp3) is 0.0746. The zero-order valence-corrected chi connectivity index (χ0v) is 40.1. The van der Waals surface area contributed by atoms with E-state index in [0.717, 1.165) is 61.9 Å². The molecule has 2 aliphatic heterocycles. The summed E-state index contributed by atoms with van der Waals surface area (Å²) in [5.41, 5.74) is 25.3. The summed E-state index contributed by atoms with van der Waals surface area (Å²) in [4.78, 5) is 4.90. The number of para-hydroxylation sites is 5. The van der Waals surface area contributed by atoms with E-state index in [4.69, 9.17) is 6.58 Å². The minimum atomic E-state index is -0.260. The van der Waals surface area contributed by atoms with Gasteiger partial charge in [-0.2, -0.15) is 0 Å². The summed E-state index contributed by atoms with van der Waals surface area (Å²) in [6.07, 6.45) is 13.2. The Labute approximate surface area is 412 Å². The van der Waals surface area contributed by atoms with Gasteiger partial charge in [-0.3, -0.25) is 0 Å². The second-order valence-electron chi connectivity index (χ2n) is 19.0. The average molecular weight is 900 g/mol. The predicted molar refractivity (Wildman–Crippen MR) is 300 cm³/mol.